The minimum atomic E-state index is -0.265. The fraction of sp³-hybridized carbons (Fsp3) is 0.450. The van der Waals surface area contributed by atoms with Crippen LogP contribution in [0, 0.1) is 0 Å². The van der Waals surface area contributed by atoms with Gasteiger partial charge in [-0.15, -0.1) is 0 Å². The highest BCUT2D eigenvalue weighted by atomic mass is 16.5. The van der Waals surface area contributed by atoms with E-state index in [1.54, 1.807) is 0 Å². The molecule has 1 N–H and O–H groups in total. The van der Waals surface area contributed by atoms with Crippen LogP contribution >= 0.6 is 0 Å². The highest BCUT2D eigenvalue weighted by molar-refractivity contribution is 5.92. The second-order valence-corrected chi connectivity index (χ2v) is 6.74. The van der Waals surface area contributed by atoms with Crippen LogP contribution in [-0.2, 0) is 6.54 Å². The lowest BCUT2D eigenvalue weighted by atomic mass is 10.3. The number of hydrogen-bond acceptors (Lipinski definition) is 5. The van der Waals surface area contributed by atoms with E-state index in [-0.39, 0.29) is 23.7 Å². The maximum absolute atomic E-state index is 12.4. The fourth-order valence-electron chi connectivity index (χ4n) is 3.14. The summed E-state index contributed by atoms with van der Waals surface area (Å²) in [6, 6.07) is 12.5. The standard InChI is InChI=1S/C20H26N4O3/c1-16(23-11-5-6-12-23)15-21-20(26)18-9-10-19(25)24(22-18)13-14-27-17-7-3-2-4-8-17/h2-4,7-10,16H,5-6,11-15H2,1H3,(H,21,26). The van der Waals surface area contributed by atoms with Gasteiger partial charge in [0.15, 0.2) is 0 Å². The molecule has 144 valence electrons. The average Bonchev–Trinajstić information content (AvgIpc) is 3.23. The van der Waals surface area contributed by atoms with Gasteiger partial charge in [-0.3, -0.25) is 14.5 Å². The van der Waals surface area contributed by atoms with E-state index in [1.807, 2.05) is 30.3 Å². The molecule has 0 radical (unpaired) electrons. The molecule has 27 heavy (non-hydrogen) atoms. The van der Waals surface area contributed by atoms with Crippen LogP contribution in [0.5, 0.6) is 5.75 Å². The predicted molar refractivity (Wildman–Crippen MR) is 103 cm³/mol. The molecule has 1 atom stereocenters. The van der Waals surface area contributed by atoms with Gasteiger partial charge in [-0.05, 0) is 51.1 Å². The first-order valence-electron chi connectivity index (χ1n) is 9.42. The molecular weight excluding hydrogens is 344 g/mol. The lowest BCUT2D eigenvalue weighted by Crippen LogP contribution is -2.41. The van der Waals surface area contributed by atoms with Gasteiger partial charge in [-0.25, -0.2) is 4.68 Å². The zero-order chi connectivity index (χ0) is 19.1. The van der Waals surface area contributed by atoms with E-state index in [2.05, 4.69) is 22.2 Å². The number of carbonyl (C=O) groups excluding carboxylic acids is 1. The Labute approximate surface area is 158 Å². The third-order valence-corrected chi connectivity index (χ3v) is 4.74. The second kappa shape index (κ2) is 9.32. The monoisotopic (exact) mass is 370 g/mol. The van der Waals surface area contributed by atoms with E-state index in [9.17, 15) is 9.59 Å². The van der Waals surface area contributed by atoms with Gasteiger partial charge in [0.1, 0.15) is 18.1 Å². The number of hydrogen-bond donors (Lipinski definition) is 1. The zero-order valence-corrected chi connectivity index (χ0v) is 15.6. The van der Waals surface area contributed by atoms with Crippen molar-refractivity contribution in [3.05, 3.63) is 58.5 Å². The summed E-state index contributed by atoms with van der Waals surface area (Å²) in [5, 5.41) is 7.09. The minimum absolute atomic E-state index is 0.239. The molecule has 0 bridgehead atoms. The third kappa shape index (κ3) is 5.40. The van der Waals surface area contributed by atoms with Gasteiger partial charge in [0, 0.05) is 18.7 Å². The van der Waals surface area contributed by atoms with Crippen LogP contribution in [0.25, 0.3) is 0 Å². The van der Waals surface area contributed by atoms with Gasteiger partial charge in [0.25, 0.3) is 11.5 Å². The quantitative estimate of drug-likeness (QED) is 0.763. The first kappa shape index (κ1) is 19.1. The Kier molecular flexibility index (Phi) is 6.59. The fourth-order valence-corrected chi connectivity index (χ4v) is 3.14. The number of rotatable bonds is 8. The van der Waals surface area contributed by atoms with Crippen molar-refractivity contribution in [2.75, 3.05) is 26.2 Å². The molecule has 2 aromatic rings. The number of ether oxygens (including phenoxy) is 1. The number of aromatic nitrogens is 2. The van der Waals surface area contributed by atoms with Gasteiger partial charge in [-0.1, -0.05) is 18.2 Å². The smallest absolute Gasteiger partial charge is 0.271 e. The summed E-state index contributed by atoms with van der Waals surface area (Å²) in [6.45, 7) is 5.42. The Hall–Kier alpha value is -2.67. The Balaban J connectivity index is 1.53. The van der Waals surface area contributed by atoms with Crippen molar-refractivity contribution in [2.45, 2.75) is 32.4 Å². The van der Waals surface area contributed by atoms with Crippen molar-refractivity contribution in [3.63, 3.8) is 0 Å². The molecule has 1 amide bonds. The highest BCUT2D eigenvalue weighted by Gasteiger charge is 2.19. The first-order chi connectivity index (χ1) is 13.1. The normalized spacial score (nSPS) is 15.4. The number of nitrogens with one attached hydrogen (secondary N) is 1. The molecule has 1 saturated heterocycles. The average molecular weight is 370 g/mol. The van der Waals surface area contributed by atoms with Crippen LogP contribution in [0.2, 0.25) is 0 Å². The van der Waals surface area contributed by atoms with Gasteiger partial charge < -0.3 is 10.1 Å². The molecule has 0 saturated carbocycles. The molecular formula is C20H26N4O3. The SMILES string of the molecule is CC(CNC(=O)c1ccc(=O)n(CCOc2ccccc2)n1)N1CCCC1. The van der Waals surface area contributed by atoms with Gasteiger partial charge >= 0.3 is 0 Å². The minimum Gasteiger partial charge on any atom is -0.492 e. The van der Waals surface area contributed by atoms with Crippen LogP contribution in [0.4, 0.5) is 0 Å². The summed E-state index contributed by atoms with van der Waals surface area (Å²) in [7, 11) is 0. The number of carbonyl (C=O) groups is 1. The molecule has 1 unspecified atom stereocenters. The number of para-hydroxylation sites is 1. The lowest BCUT2D eigenvalue weighted by molar-refractivity contribution is 0.0932. The van der Waals surface area contributed by atoms with E-state index in [0.717, 1.165) is 18.8 Å². The van der Waals surface area contributed by atoms with Crippen LogP contribution in [0.15, 0.2) is 47.3 Å². The summed E-state index contributed by atoms with van der Waals surface area (Å²) in [5.41, 5.74) is -0.0171. The lowest BCUT2D eigenvalue weighted by Gasteiger charge is -2.23. The summed E-state index contributed by atoms with van der Waals surface area (Å²) in [4.78, 5) is 26.7. The van der Waals surface area contributed by atoms with Crippen LogP contribution in [0.1, 0.15) is 30.3 Å². The molecule has 0 aliphatic carbocycles. The van der Waals surface area contributed by atoms with Crippen LogP contribution in [-0.4, -0.2) is 52.9 Å². The van der Waals surface area contributed by atoms with Crippen molar-refractivity contribution in [1.29, 1.82) is 0 Å². The summed E-state index contributed by atoms with van der Waals surface area (Å²) < 4.78 is 6.86. The highest BCUT2D eigenvalue weighted by Crippen LogP contribution is 2.11. The predicted octanol–water partition coefficient (Wildman–Crippen LogP) is 1.54. The Morgan fingerprint density at radius 2 is 1.93 bits per heavy atom. The van der Waals surface area contributed by atoms with E-state index < -0.39 is 0 Å². The zero-order valence-electron chi connectivity index (χ0n) is 15.6. The third-order valence-electron chi connectivity index (χ3n) is 4.74. The van der Waals surface area contributed by atoms with Crippen molar-refractivity contribution in [2.24, 2.45) is 0 Å². The second-order valence-electron chi connectivity index (χ2n) is 6.74. The Morgan fingerprint density at radius 1 is 1.19 bits per heavy atom. The van der Waals surface area contributed by atoms with Crippen molar-refractivity contribution >= 4 is 5.91 Å². The first-order valence-corrected chi connectivity index (χ1v) is 9.42. The molecule has 1 aromatic carbocycles. The maximum atomic E-state index is 12.4. The van der Waals surface area contributed by atoms with Crippen molar-refractivity contribution < 1.29 is 9.53 Å². The number of benzene rings is 1. The van der Waals surface area contributed by atoms with Crippen molar-refractivity contribution in [1.82, 2.24) is 20.0 Å². The van der Waals surface area contributed by atoms with E-state index in [1.165, 1.54) is 29.7 Å². The molecule has 3 rings (SSSR count). The van der Waals surface area contributed by atoms with Gasteiger partial charge in [0.05, 0.1) is 6.54 Å². The molecule has 1 aromatic heterocycles. The number of nitrogens with zero attached hydrogens (tertiary/aromatic N) is 3. The van der Waals surface area contributed by atoms with Crippen molar-refractivity contribution in [3.8, 4) is 5.75 Å². The maximum Gasteiger partial charge on any atom is 0.271 e. The number of amides is 1. The number of likely N-dealkylation sites (tertiary alicyclic amines) is 1. The molecule has 1 aliphatic rings. The Morgan fingerprint density at radius 3 is 2.67 bits per heavy atom. The molecule has 1 fully saturated rings. The molecule has 0 spiro atoms. The molecule has 7 heteroatoms. The summed E-state index contributed by atoms with van der Waals surface area (Å²) in [5.74, 6) is 0.467. The van der Waals surface area contributed by atoms with Crippen LogP contribution < -0.4 is 15.6 Å². The van der Waals surface area contributed by atoms with E-state index >= 15 is 0 Å². The summed E-state index contributed by atoms with van der Waals surface area (Å²) >= 11 is 0. The van der Waals surface area contributed by atoms with E-state index in [0.29, 0.717) is 19.2 Å². The van der Waals surface area contributed by atoms with Crippen LogP contribution in [0.3, 0.4) is 0 Å². The van der Waals surface area contributed by atoms with Gasteiger partial charge in [0.2, 0.25) is 0 Å². The molecule has 7 nitrogen and oxygen atoms in total. The van der Waals surface area contributed by atoms with Gasteiger partial charge in [-0.2, -0.15) is 5.10 Å². The topological polar surface area (TPSA) is 76.5 Å². The molecule has 1 aliphatic heterocycles. The molecule has 2 heterocycles. The van der Waals surface area contributed by atoms with E-state index in [4.69, 9.17) is 4.74 Å². The largest absolute Gasteiger partial charge is 0.492 e. The summed E-state index contributed by atoms with van der Waals surface area (Å²) in [6.07, 6.45) is 2.44. The Bertz CT molecular complexity index is 800.